The van der Waals surface area contributed by atoms with Crippen LogP contribution in [0.4, 0.5) is 26.0 Å². The van der Waals surface area contributed by atoms with E-state index in [1.165, 1.54) is 12.1 Å². The van der Waals surface area contributed by atoms with E-state index in [1.807, 2.05) is 30.3 Å². The first-order valence-electron chi connectivity index (χ1n) is 25.5. The fraction of sp³-hybridized carbons (Fsp3) is 0.426. The van der Waals surface area contributed by atoms with Crippen LogP contribution in [0.3, 0.4) is 0 Å². The number of H-pyrrole nitrogens is 1. The largest absolute Gasteiger partial charge is 0.383 e. The maximum Gasteiger partial charge on any atom is 0.262 e. The first kappa shape index (κ1) is 52.7. The van der Waals surface area contributed by atoms with Crippen LogP contribution >= 0.6 is 0 Å². The van der Waals surface area contributed by atoms with Crippen LogP contribution in [-0.4, -0.2) is 160 Å². The van der Waals surface area contributed by atoms with Gasteiger partial charge in [-0.25, -0.2) is 8.78 Å². The van der Waals surface area contributed by atoms with Crippen LogP contribution in [0.2, 0.25) is 0 Å². The van der Waals surface area contributed by atoms with Gasteiger partial charge in [0.15, 0.2) is 5.82 Å². The summed E-state index contributed by atoms with van der Waals surface area (Å²) in [5, 5.41) is 19.4. The molecule has 75 heavy (non-hydrogen) atoms. The molecule has 21 heteroatoms. The first-order valence-corrected chi connectivity index (χ1v) is 25.5. The van der Waals surface area contributed by atoms with Crippen molar-refractivity contribution in [1.82, 2.24) is 30.6 Å². The maximum absolute atomic E-state index is 14.0. The molecule has 19 nitrogen and oxygen atoms in total. The van der Waals surface area contributed by atoms with Crippen LogP contribution in [-0.2, 0) is 46.2 Å². The number of nitrogens with one attached hydrogen (secondary N) is 5. The quantitative estimate of drug-likeness (QED) is 0.0451. The molecule has 0 saturated carbocycles. The number of halogens is 2. The van der Waals surface area contributed by atoms with Crippen LogP contribution < -0.4 is 26.2 Å². The molecule has 0 aliphatic carbocycles. The Morgan fingerprint density at radius 3 is 2.21 bits per heavy atom. The van der Waals surface area contributed by atoms with Gasteiger partial charge in [0.25, 0.3) is 17.7 Å². The third kappa shape index (κ3) is 13.6. The number of imide groups is 2. The zero-order chi connectivity index (χ0) is 52.3. The lowest BCUT2D eigenvalue weighted by atomic mass is 9.89. The summed E-state index contributed by atoms with van der Waals surface area (Å²) in [5.74, 6) is -3.10. The topological polar surface area (TPSA) is 226 Å². The van der Waals surface area contributed by atoms with Gasteiger partial charge in [0.1, 0.15) is 17.7 Å². The number of benzene rings is 4. The molecule has 1 atom stereocenters. The van der Waals surface area contributed by atoms with E-state index in [4.69, 9.17) is 18.9 Å². The van der Waals surface area contributed by atoms with E-state index in [0.29, 0.717) is 138 Å². The molecule has 6 amide bonds. The van der Waals surface area contributed by atoms with Gasteiger partial charge < -0.3 is 39.8 Å². The molecule has 396 valence electrons. The minimum atomic E-state index is -1.02. The maximum atomic E-state index is 14.0. The third-order valence-corrected chi connectivity index (χ3v) is 13.8. The fourth-order valence-electron chi connectivity index (χ4n) is 9.89. The Labute approximate surface area is 431 Å². The van der Waals surface area contributed by atoms with E-state index in [1.54, 1.807) is 18.2 Å². The third-order valence-electron chi connectivity index (χ3n) is 13.8. The predicted molar refractivity (Wildman–Crippen MR) is 273 cm³/mol. The van der Waals surface area contributed by atoms with E-state index < -0.39 is 41.3 Å². The lowest BCUT2D eigenvalue weighted by Gasteiger charge is -2.36. The number of carbonyl (C=O) groups excluding carboxylic acids is 6. The van der Waals surface area contributed by atoms with E-state index >= 15 is 0 Å². The van der Waals surface area contributed by atoms with Crippen molar-refractivity contribution < 1.29 is 56.5 Å². The number of rotatable bonds is 23. The van der Waals surface area contributed by atoms with Gasteiger partial charge in [0.05, 0.1) is 62.8 Å². The minimum absolute atomic E-state index is 0.0560. The number of aromatic amines is 1. The van der Waals surface area contributed by atoms with Crippen molar-refractivity contribution in [1.29, 1.82) is 0 Å². The van der Waals surface area contributed by atoms with Gasteiger partial charge in [-0.3, -0.25) is 49.0 Å². The molecule has 0 radical (unpaired) electrons. The molecule has 5 heterocycles. The van der Waals surface area contributed by atoms with Gasteiger partial charge >= 0.3 is 0 Å². The Bertz CT molecular complexity index is 2880. The lowest BCUT2D eigenvalue weighted by molar-refractivity contribution is -0.136. The van der Waals surface area contributed by atoms with Gasteiger partial charge in [-0.05, 0) is 115 Å². The van der Waals surface area contributed by atoms with Crippen molar-refractivity contribution in [3.8, 4) is 0 Å². The molecular weight excluding hydrogens is 973 g/mol. The summed E-state index contributed by atoms with van der Waals surface area (Å²) in [6.07, 6.45) is 2.99. The number of piperazine rings is 1. The smallest absolute Gasteiger partial charge is 0.262 e. The molecule has 5 N–H and O–H groups in total. The molecule has 0 spiro atoms. The van der Waals surface area contributed by atoms with E-state index in [9.17, 15) is 37.5 Å². The van der Waals surface area contributed by atoms with Crippen molar-refractivity contribution in [3.05, 3.63) is 118 Å². The van der Waals surface area contributed by atoms with E-state index in [0.717, 1.165) is 47.0 Å². The molecule has 9 rings (SSSR count). The Morgan fingerprint density at radius 1 is 0.747 bits per heavy atom. The van der Waals surface area contributed by atoms with Crippen LogP contribution in [0, 0.1) is 17.6 Å². The van der Waals surface area contributed by atoms with Crippen LogP contribution in [0.1, 0.15) is 73.4 Å². The second kappa shape index (κ2) is 24.9. The van der Waals surface area contributed by atoms with Gasteiger partial charge in [0, 0.05) is 87.3 Å². The Hall–Kier alpha value is -7.17. The zero-order valence-electron chi connectivity index (χ0n) is 41.6. The van der Waals surface area contributed by atoms with Crippen molar-refractivity contribution in [3.63, 3.8) is 0 Å². The van der Waals surface area contributed by atoms with Gasteiger partial charge in [0.2, 0.25) is 17.7 Å². The van der Waals surface area contributed by atoms with Crippen LogP contribution in [0.15, 0.2) is 72.8 Å². The molecule has 4 aromatic carbocycles. The van der Waals surface area contributed by atoms with Crippen molar-refractivity contribution in [2.45, 2.75) is 44.6 Å². The molecule has 4 aliphatic rings. The molecule has 3 saturated heterocycles. The molecule has 0 bridgehead atoms. The van der Waals surface area contributed by atoms with Gasteiger partial charge in [-0.2, -0.15) is 5.10 Å². The summed E-state index contributed by atoms with van der Waals surface area (Å²) in [6, 6.07) is 18.8. The van der Waals surface area contributed by atoms with Crippen LogP contribution in [0.25, 0.3) is 10.9 Å². The number of hydrogen-bond donors (Lipinski definition) is 5. The molecule has 3 fully saturated rings. The molecule has 4 aliphatic heterocycles. The highest BCUT2D eigenvalue weighted by Gasteiger charge is 2.44. The predicted octanol–water partition coefficient (Wildman–Crippen LogP) is 4.45. The minimum Gasteiger partial charge on any atom is -0.383 e. The molecular formula is C54H61F2N9O10. The summed E-state index contributed by atoms with van der Waals surface area (Å²) < 4.78 is 50.3. The van der Waals surface area contributed by atoms with Gasteiger partial charge in [-0.1, -0.05) is 6.07 Å². The normalized spacial score (nSPS) is 17.4. The zero-order valence-corrected chi connectivity index (χ0v) is 41.6. The SMILES string of the molecule is O=C(CN1CCN(c2ccc(C(=O)Nc3n[nH]c4ccc(Cc5cc(F)cc(F)c5)cc34)c(CC3CCOCC3)c2)CC1)NCCOCCOCCOCCNc1ccc2c(c1)C(=O)N(C1CCC(=O)NC1=O)C2=O. The second-order valence-electron chi connectivity index (χ2n) is 19.0. The first-order chi connectivity index (χ1) is 36.4. The molecule has 1 unspecified atom stereocenters. The van der Waals surface area contributed by atoms with Crippen LogP contribution in [0.5, 0.6) is 0 Å². The summed E-state index contributed by atoms with van der Waals surface area (Å²) in [7, 11) is 0. The Morgan fingerprint density at radius 2 is 1.47 bits per heavy atom. The number of aromatic nitrogens is 2. The monoisotopic (exact) mass is 1030 g/mol. The Balaban J connectivity index is 0.648. The number of amides is 6. The number of ether oxygens (including phenoxy) is 4. The number of anilines is 3. The number of piperidine rings is 1. The summed E-state index contributed by atoms with van der Waals surface area (Å²) in [4.78, 5) is 82.0. The summed E-state index contributed by atoms with van der Waals surface area (Å²) in [6.45, 7) is 7.39. The van der Waals surface area contributed by atoms with Crippen molar-refractivity contribution >= 4 is 63.5 Å². The highest BCUT2D eigenvalue weighted by atomic mass is 19.1. The fourth-order valence-corrected chi connectivity index (χ4v) is 9.89. The van der Waals surface area contributed by atoms with Gasteiger partial charge in [-0.15, -0.1) is 0 Å². The second-order valence-corrected chi connectivity index (χ2v) is 19.0. The van der Waals surface area contributed by atoms with E-state index in [-0.39, 0.29) is 42.3 Å². The highest BCUT2D eigenvalue weighted by Crippen LogP contribution is 2.31. The van der Waals surface area contributed by atoms with Crippen molar-refractivity contribution in [2.24, 2.45) is 5.92 Å². The number of nitrogens with zero attached hydrogens (tertiary/aromatic N) is 4. The average Bonchev–Trinajstić information content (AvgIpc) is 3.91. The highest BCUT2D eigenvalue weighted by molar-refractivity contribution is 6.23. The summed E-state index contributed by atoms with van der Waals surface area (Å²) >= 11 is 0. The average molecular weight is 1030 g/mol. The molecule has 5 aromatic rings. The number of fused-ring (bicyclic) bond motifs is 2. The van der Waals surface area contributed by atoms with Crippen molar-refractivity contribution in [2.75, 3.05) is 114 Å². The number of carbonyl (C=O) groups is 6. The van der Waals surface area contributed by atoms with E-state index in [2.05, 4.69) is 47.3 Å². The Kier molecular flexibility index (Phi) is 17.5. The number of hydrogen-bond acceptors (Lipinski definition) is 14. The standard InChI is InChI=1S/C54H61F2N9O10/c55-38-27-36(28-39(56)31-38)25-35-1-6-46-45(29-35)50(62-61-46)60-51(68)42-5-3-41(30-37(42)26-34-9-17-72-18-10-34)64-15-13-63(14-16-64)33-49(67)58-12-20-74-22-24-75-23-21-73-19-11-57-40-2-4-43-44(32-40)54(71)65(53(43)70)47-7-8-48(66)59-52(47)69/h1-6,27-32,34,47,57H,7-26,33H2,(H,58,67)(H,59,66,69)(H2,60,61,62,68). The molecule has 1 aromatic heterocycles. The summed E-state index contributed by atoms with van der Waals surface area (Å²) in [5.41, 5.74) is 5.58. The lowest BCUT2D eigenvalue weighted by Crippen LogP contribution is -2.54.